The minimum atomic E-state index is -3.64. The largest absolute Gasteiger partial charge is 0.345 e. The molecular weight excluding hydrogens is 402 g/mol. The van der Waals surface area contributed by atoms with Gasteiger partial charge in [0.15, 0.2) is 0 Å². The van der Waals surface area contributed by atoms with Gasteiger partial charge in [-0.1, -0.05) is 25.0 Å². The van der Waals surface area contributed by atoms with E-state index < -0.39 is 15.9 Å². The molecule has 30 heavy (non-hydrogen) atoms. The van der Waals surface area contributed by atoms with Crippen molar-refractivity contribution in [3.8, 4) is 0 Å². The number of sulfonamides is 1. The number of amides is 2. The number of hydrogen-bond donors (Lipinski definition) is 1. The summed E-state index contributed by atoms with van der Waals surface area (Å²) in [7, 11) is -0.325. The van der Waals surface area contributed by atoms with Crippen molar-refractivity contribution in [2.45, 2.75) is 30.6 Å². The molecule has 3 rings (SSSR count). The number of carbonyl (C=O) groups excluding carboxylic acids is 2. The van der Waals surface area contributed by atoms with Crippen molar-refractivity contribution in [3.63, 3.8) is 0 Å². The molecule has 2 aromatic carbocycles. The topological polar surface area (TPSA) is 86.8 Å². The molecule has 7 nitrogen and oxygen atoms in total. The Hall–Kier alpha value is -2.71. The molecule has 0 bridgehead atoms. The van der Waals surface area contributed by atoms with Crippen molar-refractivity contribution < 1.29 is 18.0 Å². The third-order valence-electron chi connectivity index (χ3n) is 5.07. The van der Waals surface area contributed by atoms with Crippen LogP contribution in [0.4, 0.5) is 5.69 Å². The second kappa shape index (κ2) is 9.40. The Morgan fingerprint density at radius 1 is 0.900 bits per heavy atom. The van der Waals surface area contributed by atoms with Crippen LogP contribution >= 0.6 is 0 Å². The van der Waals surface area contributed by atoms with Crippen molar-refractivity contribution in [2.75, 3.05) is 32.5 Å². The van der Waals surface area contributed by atoms with Gasteiger partial charge in [-0.15, -0.1) is 0 Å². The van der Waals surface area contributed by atoms with Gasteiger partial charge in [0.1, 0.15) is 0 Å². The summed E-state index contributed by atoms with van der Waals surface area (Å²) in [4.78, 5) is 26.4. The van der Waals surface area contributed by atoms with Crippen LogP contribution in [-0.2, 0) is 10.0 Å². The quantitative estimate of drug-likeness (QED) is 0.791. The van der Waals surface area contributed by atoms with E-state index in [1.54, 1.807) is 50.5 Å². The number of rotatable bonds is 5. The van der Waals surface area contributed by atoms with Gasteiger partial charge in [0, 0.05) is 44.0 Å². The monoisotopic (exact) mass is 429 g/mol. The number of nitrogens with one attached hydrogen (secondary N) is 1. The summed E-state index contributed by atoms with van der Waals surface area (Å²) < 4.78 is 27.5. The number of benzene rings is 2. The van der Waals surface area contributed by atoms with Crippen molar-refractivity contribution in [1.29, 1.82) is 0 Å². The van der Waals surface area contributed by atoms with E-state index in [1.165, 1.54) is 21.3 Å². The summed E-state index contributed by atoms with van der Waals surface area (Å²) in [6.45, 7) is 1.01. The smallest absolute Gasteiger partial charge is 0.255 e. The molecule has 1 N–H and O–H groups in total. The fraction of sp³-hybridized carbons (Fsp3) is 0.364. The lowest BCUT2D eigenvalue weighted by molar-refractivity contribution is 0.0827. The summed E-state index contributed by atoms with van der Waals surface area (Å²) in [5, 5.41) is 2.74. The zero-order valence-electron chi connectivity index (χ0n) is 17.3. The van der Waals surface area contributed by atoms with E-state index in [0.29, 0.717) is 24.3 Å². The SMILES string of the molecule is CN(C)C(=O)c1cccc(NC(=O)c2cccc(S(=O)(=O)N3CCCCCC3)c2)c1. The van der Waals surface area contributed by atoms with Crippen LogP contribution in [0.25, 0.3) is 0 Å². The van der Waals surface area contributed by atoms with Gasteiger partial charge in [-0.2, -0.15) is 4.31 Å². The van der Waals surface area contributed by atoms with Crippen molar-refractivity contribution in [2.24, 2.45) is 0 Å². The Kier molecular flexibility index (Phi) is 6.89. The maximum atomic E-state index is 13.0. The first kappa shape index (κ1) is 22.0. The minimum absolute atomic E-state index is 0.119. The third kappa shape index (κ3) is 5.06. The molecule has 0 radical (unpaired) electrons. The first-order valence-electron chi connectivity index (χ1n) is 10.0. The maximum absolute atomic E-state index is 13.0. The molecule has 2 aromatic rings. The van der Waals surface area contributed by atoms with Crippen LogP contribution in [0.1, 0.15) is 46.4 Å². The van der Waals surface area contributed by atoms with Gasteiger partial charge in [-0.05, 0) is 49.2 Å². The summed E-state index contributed by atoms with van der Waals surface area (Å²) in [5.74, 6) is -0.603. The Bertz CT molecular complexity index is 1030. The lowest BCUT2D eigenvalue weighted by atomic mass is 10.1. The average Bonchev–Trinajstić information content (AvgIpc) is 3.03. The Morgan fingerprint density at radius 3 is 2.20 bits per heavy atom. The molecule has 1 fully saturated rings. The van der Waals surface area contributed by atoms with Crippen LogP contribution in [-0.4, -0.2) is 56.6 Å². The van der Waals surface area contributed by atoms with Crippen LogP contribution in [0.5, 0.6) is 0 Å². The normalized spacial score (nSPS) is 15.3. The Labute approximate surface area is 177 Å². The zero-order chi connectivity index (χ0) is 21.7. The van der Waals surface area contributed by atoms with Gasteiger partial charge in [0.2, 0.25) is 10.0 Å². The second-order valence-corrected chi connectivity index (χ2v) is 9.52. The van der Waals surface area contributed by atoms with Gasteiger partial charge >= 0.3 is 0 Å². The predicted molar refractivity (Wildman–Crippen MR) is 116 cm³/mol. The number of anilines is 1. The maximum Gasteiger partial charge on any atom is 0.255 e. The highest BCUT2D eigenvalue weighted by atomic mass is 32.2. The molecule has 0 aromatic heterocycles. The summed E-state index contributed by atoms with van der Waals surface area (Å²) in [5.41, 5.74) is 1.17. The molecule has 1 aliphatic heterocycles. The van der Waals surface area contributed by atoms with Gasteiger partial charge < -0.3 is 10.2 Å². The molecule has 0 atom stereocenters. The highest BCUT2D eigenvalue weighted by Crippen LogP contribution is 2.22. The van der Waals surface area contributed by atoms with Crippen LogP contribution in [0, 0.1) is 0 Å². The van der Waals surface area contributed by atoms with E-state index in [-0.39, 0.29) is 16.4 Å². The van der Waals surface area contributed by atoms with Crippen molar-refractivity contribution in [3.05, 3.63) is 59.7 Å². The van der Waals surface area contributed by atoms with Crippen molar-refractivity contribution in [1.82, 2.24) is 9.21 Å². The number of carbonyl (C=O) groups is 2. The van der Waals surface area contributed by atoms with E-state index in [4.69, 9.17) is 0 Å². The lowest BCUT2D eigenvalue weighted by Crippen LogP contribution is -2.32. The average molecular weight is 430 g/mol. The molecule has 0 aliphatic carbocycles. The van der Waals surface area contributed by atoms with Crippen LogP contribution < -0.4 is 5.32 Å². The van der Waals surface area contributed by atoms with E-state index in [1.807, 2.05) is 0 Å². The minimum Gasteiger partial charge on any atom is -0.345 e. The molecule has 1 heterocycles. The molecule has 1 aliphatic rings. The van der Waals surface area contributed by atoms with Gasteiger partial charge in [-0.3, -0.25) is 9.59 Å². The third-order valence-corrected chi connectivity index (χ3v) is 6.97. The molecule has 0 unspecified atom stereocenters. The summed E-state index contributed by atoms with van der Waals surface area (Å²) >= 11 is 0. The molecule has 160 valence electrons. The highest BCUT2D eigenvalue weighted by molar-refractivity contribution is 7.89. The van der Waals surface area contributed by atoms with Crippen molar-refractivity contribution >= 4 is 27.5 Å². The van der Waals surface area contributed by atoms with Crippen LogP contribution in [0.15, 0.2) is 53.4 Å². The number of hydrogen-bond acceptors (Lipinski definition) is 4. The molecule has 0 saturated carbocycles. The molecule has 0 spiro atoms. The Balaban J connectivity index is 1.80. The molecule has 2 amide bonds. The van der Waals surface area contributed by atoms with Gasteiger partial charge in [0.25, 0.3) is 11.8 Å². The standard InChI is InChI=1S/C22H27N3O4S/c1-24(2)22(27)18-10-7-11-19(15-18)23-21(26)17-9-8-12-20(16-17)30(28,29)25-13-5-3-4-6-14-25/h7-12,15-16H,3-6,13-14H2,1-2H3,(H,23,26). The molecule has 8 heteroatoms. The van der Waals surface area contributed by atoms with E-state index >= 15 is 0 Å². The summed E-state index contributed by atoms with van der Waals surface area (Å²) in [6.07, 6.45) is 3.76. The first-order valence-corrected chi connectivity index (χ1v) is 11.5. The van der Waals surface area contributed by atoms with Gasteiger partial charge in [0.05, 0.1) is 4.90 Å². The number of nitrogens with zero attached hydrogens (tertiary/aromatic N) is 2. The van der Waals surface area contributed by atoms with E-state index in [0.717, 1.165) is 25.7 Å². The molecule has 1 saturated heterocycles. The van der Waals surface area contributed by atoms with E-state index in [9.17, 15) is 18.0 Å². The predicted octanol–water partition coefficient (Wildman–Crippen LogP) is 3.21. The highest BCUT2D eigenvalue weighted by Gasteiger charge is 2.25. The fourth-order valence-corrected chi connectivity index (χ4v) is 4.98. The van der Waals surface area contributed by atoms with Gasteiger partial charge in [-0.25, -0.2) is 8.42 Å². The van der Waals surface area contributed by atoms with E-state index in [2.05, 4.69) is 5.32 Å². The second-order valence-electron chi connectivity index (χ2n) is 7.58. The van der Waals surface area contributed by atoms with Crippen LogP contribution in [0.2, 0.25) is 0 Å². The van der Waals surface area contributed by atoms with Crippen LogP contribution in [0.3, 0.4) is 0 Å². The summed E-state index contributed by atoms with van der Waals surface area (Å²) in [6, 6.07) is 12.7. The molecular formula is C22H27N3O4S. The zero-order valence-corrected chi connectivity index (χ0v) is 18.1. The fourth-order valence-electron chi connectivity index (χ4n) is 3.42. The first-order chi connectivity index (χ1) is 14.3. The Morgan fingerprint density at radius 2 is 1.53 bits per heavy atom. The lowest BCUT2D eigenvalue weighted by Gasteiger charge is -2.20.